The minimum atomic E-state index is -2.07. The first-order valence-corrected chi connectivity index (χ1v) is 7.42. The Kier molecular flexibility index (Phi) is 2.17. The van der Waals surface area contributed by atoms with Crippen molar-refractivity contribution in [2.24, 2.45) is 0 Å². The van der Waals surface area contributed by atoms with Crippen LogP contribution in [0.25, 0.3) is 0 Å². The molecule has 0 heterocycles. The van der Waals surface area contributed by atoms with E-state index in [2.05, 4.69) is 37.9 Å². The van der Waals surface area contributed by atoms with Crippen molar-refractivity contribution in [3.05, 3.63) is 29.8 Å². The maximum absolute atomic E-state index is 10.4. The van der Waals surface area contributed by atoms with E-state index in [1.807, 2.05) is 0 Å². The number of rotatable bonds is 2. The summed E-state index contributed by atoms with van der Waals surface area (Å²) in [5, 5.41) is 1.20. The standard InChI is InChI=1S/C11H17OP/c1-9-3-5-10(6-4-9)13(2,12)11-7-8-11/h3-6,11-13H,7-8H2,1-2H3. The van der Waals surface area contributed by atoms with Gasteiger partial charge in [-0.05, 0) is 0 Å². The van der Waals surface area contributed by atoms with Gasteiger partial charge in [0.2, 0.25) is 0 Å². The van der Waals surface area contributed by atoms with Crippen LogP contribution in [-0.4, -0.2) is 17.2 Å². The fraction of sp³-hybridized carbons (Fsp3) is 0.455. The van der Waals surface area contributed by atoms with Gasteiger partial charge in [0.15, 0.2) is 0 Å². The Hall–Kier alpha value is -0.390. The predicted molar refractivity (Wildman–Crippen MR) is 60.3 cm³/mol. The van der Waals surface area contributed by atoms with Crippen LogP contribution in [-0.2, 0) is 0 Å². The van der Waals surface area contributed by atoms with Gasteiger partial charge < -0.3 is 0 Å². The maximum atomic E-state index is 10.4. The molecule has 0 aromatic heterocycles. The first-order valence-electron chi connectivity index (χ1n) is 4.90. The van der Waals surface area contributed by atoms with Crippen LogP contribution in [0.2, 0.25) is 0 Å². The van der Waals surface area contributed by atoms with Crippen molar-refractivity contribution in [2.45, 2.75) is 25.4 Å². The zero-order chi connectivity index (χ0) is 9.47. The molecule has 2 rings (SSSR count). The van der Waals surface area contributed by atoms with Crippen molar-refractivity contribution in [2.75, 3.05) is 6.66 Å². The third-order valence-electron chi connectivity index (χ3n) is 3.01. The molecule has 1 aliphatic rings. The van der Waals surface area contributed by atoms with Crippen molar-refractivity contribution < 1.29 is 4.89 Å². The quantitative estimate of drug-likeness (QED) is 0.718. The molecule has 1 saturated carbocycles. The molecule has 0 radical (unpaired) electrons. The molecule has 0 atom stereocenters. The van der Waals surface area contributed by atoms with Gasteiger partial charge in [0, 0.05) is 0 Å². The molecule has 1 N–H and O–H groups in total. The van der Waals surface area contributed by atoms with Crippen molar-refractivity contribution in [3.63, 3.8) is 0 Å². The third-order valence-corrected chi connectivity index (χ3v) is 6.68. The Morgan fingerprint density at radius 3 is 2.23 bits per heavy atom. The number of benzene rings is 1. The molecule has 0 bridgehead atoms. The van der Waals surface area contributed by atoms with Gasteiger partial charge in [0.05, 0.1) is 0 Å². The molecule has 1 aromatic carbocycles. The Balaban J connectivity index is 2.28. The summed E-state index contributed by atoms with van der Waals surface area (Å²) < 4.78 is 0. The van der Waals surface area contributed by atoms with E-state index in [0.717, 1.165) is 0 Å². The fourth-order valence-corrected chi connectivity index (χ4v) is 4.38. The van der Waals surface area contributed by atoms with Crippen LogP contribution in [0, 0.1) is 6.92 Å². The van der Waals surface area contributed by atoms with Crippen LogP contribution in [0.15, 0.2) is 24.3 Å². The van der Waals surface area contributed by atoms with Crippen LogP contribution in [0.3, 0.4) is 0 Å². The Morgan fingerprint density at radius 2 is 1.77 bits per heavy atom. The van der Waals surface area contributed by atoms with E-state index in [1.165, 1.54) is 23.7 Å². The monoisotopic (exact) mass is 196 g/mol. The van der Waals surface area contributed by atoms with E-state index in [9.17, 15) is 4.89 Å². The van der Waals surface area contributed by atoms with Gasteiger partial charge in [-0.15, -0.1) is 0 Å². The van der Waals surface area contributed by atoms with Crippen LogP contribution >= 0.6 is 7.49 Å². The van der Waals surface area contributed by atoms with E-state index >= 15 is 0 Å². The Labute approximate surface area is 80.2 Å². The summed E-state index contributed by atoms with van der Waals surface area (Å²) in [6.45, 7) is 4.15. The summed E-state index contributed by atoms with van der Waals surface area (Å²) in [6, 6.07) is 8.39. The summed E-state index contributed by atoms with van der Waals surface area (Å²) >= 11 is 0. The van der Waals surface area contributed by atoms with E-state index in [4.69, 9.17) is 0 Å². The summed E-state index contributed by atoms with van der Waals surface area (Å²) in [6.07, 6.45) is 2.46. The van der Waals surface area contributed by atoms with Crippen LogP contribution in [0.4, 0.5) is 0 Å². The molecule has 1 fully saturated rings. The van der Waals surface area contributed by atoms with Crippen molar-refractivity contribution in [3.8, 4) is 0 Å². The molecule has 0 spiro atoms. The van der Waals surface area contributed by atoms with Gasteiger partial charge in [-0.2, -0.15) is 0 Å². The van der Waals surface area contributed by atoms with Crippen molar-refractivity contribution >= 4 is 12.8 Å². The normalized spacial score (nSPS) is 18.7. The molecule has 2 heteroatoms. The average molecular weight is 196 g/mol. The molecule has 1 aromatic rings. The SMILES string of the molecule is Cc1ccc([PH](C)(O)C2CC2)cc1. The van der Waals surface area contributed by atoms with Crippen molar-refractivity contribution in [1.29, 1.82) is 0 Å². The third kappa shape index (κ3) is 1.77. The van der Waals surface area contributed by atoms with Gasteiger partial charge in [0.25, 0.3) is 0 Å². The van der Waals surface area contributed by atoms with Crippen LogP contribution < -0.4 is 5.30 Å². The molecular weight excluding hydrogens is 179 g/mol. The number of hydrogen-bond acceptors (Lipinski definition) is 1. The molecule has 0 amide bonds. The summed E-state index contributed by atoms with van der Waals surface area (Å²) in [4.78, 5) is 10.4. The molecule has 1 nitrogen and oxygen atoms in total. The van der Waals surface area contributed by atoms with E-state index in [0.29, 0.717) is 5.66 Å². The fourth-order valence-electron chi connectivity index (χ4n) is 1.77. The van der Waals surface area contributed by atoms with Gasteiger partial charge in [0.1, 0.15) is 0 Å². The average Bonchev–Trinajstić information content (AvgIpc) is 2.87. The zero-order valence-electron chi connectivity index (χ0n) is 8.25. The second-order valence-corrected chi connectivity index (χ2v) is 7.98. The zero-order valence-corrected chi connectivity index (χ0v) is 9.25. The second kappa shape index (κ2) is 3.08. The van der Waals surface area contributed by atoms with Crippen molar-refractivity contribution in [1.82, 2.24) is 0 Å². The molecule has 0 unspecified atom stereocenters. The molecule has 72 valence electrons. The van der Waals surface area contributed by atoms with Gasteiger partial charge in [-0.1, -0.05) is 0 Å². The van der Waals surface area contributed by atoms with E-state index < -0.39 is 7.49 Å². The van der Waals surface area contributed by atoms with Gasteiger partial charge in [-0.25, -0.2) is 0 Å². The first-order chi connectivity index (χ1) is 6.10. The molecule has 0 aliphatic heterocycles. The Bertz CT molecular complexity index is 298. The van der Waals surface area contributed by atoms with E-state index in [-0.39, 0.29) is 0 Å². The second-order valence-electron chi connectivity index (χ2n) is 4.29. The Morgan fingerprint density at radius 1 is 1.23 bits per heavy atom. The van der Waals surface area contributed by atoms with Gasteiger partial charge >= 0.3 is 79.6 Å². The summed E-state index contributed by atoms with van der Waals surface area (Å²) in [5.74, 6) is 0. The predicted octanol–water partition coefficient (Wildman–Crippen LogP) is 2.07. The van der Waals surface area contributed by atoms with Crippen LogP contribution in [0.1, 0.15) is 18.4 Å². The van der Waals surface area contributed by atoms with Gasteiger partial charge in [-0.3, -0.25) is 0 Å². The van der Waals surface area contributed by atoms with Crippen LogP contribution in [0.5, 0.6) is 0 Å². The molecular formula is C11H17OP. The summed E-state index contributed by atoms with van der Waals surface area (Å²) in [7, 11) is -2.07. The number of aryl methyl sites for hydroxylation is 1. The summed E-state index contributed by atoms with van der Waals surface area (Å²) in [5.41, 5.74) is 1.89. The topological polar surface area (TPSA) is 20.2 Å². The minimum absolute atomic E-state index is 0.621. The molecule has 13 heavy (non-hydrogen) atoms. The molecule has 1 aliphatic carbocycles. The first kappa shape index (κ1) is 9.18. The molecule has 0 saturated heterocycles. The van der Waals surface area contributed by atoms with E-state index in [1.54, 1.807) is 0 Å². The number of hydrogen-bond donors (Lipinski definition) is 1.